The van der Waals surface area contributed by atoms with Gasteiger partial charge in [0.15, 0.2) is 0 Å². The number of hydrogen-bond donors (Lipinski definition) is 1. The van der Waals surface area contributed by atoms with Crippen LogP contribution in [0.5, 0.6) is 0 Å². The van der Waals surface area contributed by atoms with Crippen LogP contribution in [0.2, 0.25) is 0 Å². The second-order valence-electron chi connectivity index (χ2n) is 4.85. The van der Waals surface area contributed by atoms with Crippen molar-refractivity contribution < 1.29 is 4.74 Å². The second kappa shape index (κ2) is 5.10. The first-order chi connectivity index (χ1) is 6.55. The van der Waals surface area contributed by atoms with Crippen LogP contribution in [0.15, 0.2) is 0 Å². The number of nitrogens with zero attached hydrogens (tertiary/aromatic N) is 1. The molecule has 0 spiro atoms. The van der Waals surface area contributed by atoms with Gasteiger partial charge < -0.3 is 10.1 Å². The molecule has 1 aliphatic heterocycles. The lowest BCUT2D eigenvalue weighted by molar-refractivity contribution is 0.141. The van der Waals surface area contributed by atoms with Crippen LogP contribution < -0.4 is 5.32 Å². The lowest BCUT2D eigenvalue weighted by Gasteiger charge is -2.33. The van der Waals surface area contributed by atoms with E-state index < -0.39 is 0 Å². The maximum absolute atomic E-state index is 5.39. The van der Waals surface area contributed by atoms with Crippen molar-refractivity contribution in [3.8, 4) is 0 Å². The molecule has 1 aliphatic rings. The number of rotatable bonds is 5. The first-order valence-corrected chi connectivity index (χ1v) is 5.58. The Balaban J connectivity index is 2.34. The van der Waals surface area contributed by atoms with Crippen LogP contribution in [0, 0.1) is 0 Å². The summed E-state index contributed by atoms with van der Waals surface area (Å²) in [6.07, 6.45) is 1.18. The summed E-state index contributed by atoms with van der Waals surface area (Å²) in [6.45, 7) is 10.6. The molecule has 1 fully saturated rings. The van der Waals surface area contributed by atoms with E-state index in [0.29, 0.717) is 6.04 Å². The van der Waals surface area contributed by atoms with Crippen molar-refractivity contribution in [1.29, 1.82) is 0 Å². The van der Waals surface area contributed by atoms with Crippen molar-refractivity contribution in [2.75, 3.05) is 33.4 Å². The maximum atomic E-state index is 5.39. The van der Waals surface area contributed by atoms with Crippen molar-refractivity contribution in [1.82, 2.24) is 10.2 Å². The first-order valence-electron chi connectivity index (χ1n) is 5.58. The van der Waals surface area contributed by atoms with Gasteiger partial charge >= 0.3 is 0 Å². The van der Waals surface area contributed by atoms with Gasteiger partial charge in [0.1, 0.15) is 0 Å². The molecule has 0 bridgehead atoms. The summed E-state index contributed by atoms with van der Waals surface area (Å²) in [5.74, 6) is 0. The highest BCUT2D eigenvalue weighted by molar-refractivity contribution is 4.84. The molecule has 1 atom stereocenters. The van der Waals surface area contributed by atoms with Crippen LogP contribution in [0.1, 0.15) is 27.2 Å². The van der Waals surface area contributed by atoms with Crippen LogP contribution >= 0.6 is 0 Å². The maximum Gasteiger partial charge on any atom is 0.0622 e. The van der Waals surface area contributed by atoms with Gasteiger partial charge in [-0.05, 0) is 33.9 Å². The van der Waals surface area contributed by atoms with Gasteiger partial charge in [-0.25, -0.2) is 0 Å². The minimum Gasteiger partial charge on any atom is -0.380 e. The summed E-state index contributed by atoms with van der Waals surface area (Å²) >= 11 is 0. The minimum atomic E-state index is 0.200. The summed E-state index contributed by atoms with van der Waals surface area (Å²) in [7, 11) is 2.19. The van der Waals surface area contributed by atoms with Gasteiger partial charge in [0.2, 0.25) is 0 Å². The minimum absolute atomic E-state index is 0.200. The number of ether oxygens (including phenoxy) is 1. The summed E-state index contributed by atoms with van der Waals surface area (Å²) in [5.41, 5.74) is 0.200. The average molecular weight is 200 g/mol. The zero-order valence-corrected chi connectivity index (χ0v) is 9.97. The summed E-state index contributed by atoms with van der Waals surface area (Å²) in [5, 5.41) is 3.49. The highest BCUT2D eigenvalue weighted by Gasteiger charge is 2.25. The molecule has 1 saturated heterocycles. The Hall–Kier alpha value is -0.120. The molecule has 0 aromatic heterocycles. The molecular formula is C11H24N2O. The molecular weight excluding hydrogens is 176 g/mol. The monoisotopic (exact) mass is 200 g/mol. The standard InChI is InChI=1S/C11H24N2O/c1-5-12-11(2,3)9-13(4)10-6-7-14-8-10/h10,12H,5-9H2,1-4H3. The fourth-order valence-corrected chi connectivity index (χ4v) is 2.16. The Kier molecular flexibility index (Phi) is 4.35. The Morgan fingerprint density at radius 2 is 2.21 bits per heavy atom. The van der Waals surface area contributed by atoms with Gasteiger partial charge in [-0.3, -0.25) is 4.90 Å². The molecule has 1 heterocycles. The molecule has 0 amide bonds. The lowest BCUT2D eigenvalue weighted by Crippen LogP contribution is -2.50. The molecule has 1 rings (SSSR count). The highest BCUT2D eigenvalue weighted by atomic mass is 16.5. The third kappa shape index (κ3) is 3.56. The molecule has 0 aliphatic carbocycles. The smallest absolute Gasteiger partial charge is 0.0622 e. The molecule has 0 aromatic carbocycles. The fourth-order valence-electron chi connectivity index (χ4n) is 2.16. The van der Waals surface area contributed by atoms with Crippen LogP contribution in [0.25, 0.3) is 0 Å². The van der Waals surface area contributed by atoms with Crippen LogP contribution in [0.3, 0.4) is 0 Å². The average Bonchev–Trinajstić information content (AvgIpc) is 2.53. The Bertz CT molecular complexity index is 165. The zero-order chi connectivity index (χ0) is 10.6. The van der Waals surface area contributed by atoms with E-state index in [4.69, 9.17) is 4.74 Å². The van der Waals surface area contributed by atoms with Gasteiger partial charge in [0.25, 0.3) is 0 Å². The predicted octanol–water partition coefficient (Wildman–Crippen LogP) is 1.10. The summed E-state index contributed by atoms with van der Waals surface area (Å²) in [4.78, 5) is 2.41. The van der Waals surface area contributed by atoms with Gasteiger partial charge in [0.05, 0.1) is 6.61 Å². The van der Waals surface area contributed by atoms with Crippen molar-refractivity contribution >= 4 is 0 Å². The SMILES string of the molecule is CCNC(C)(C)CN(C)C1CCOC1. The van der Waals surface area contributed by atoms with Crippen molar-refractivity contribution in [3.63, 3.8) is 0 Å². The predicted molar refractivity (Wildman–Crippen MR) is 59.6 cm³/mol. The Morgan fingerprint density at radius 1 is 1.50 bits per heavy atom. The molecule has 1 N–H and O–H groups in total. The molecule has 0 radical (unpaired) electrons. The first kappa shape index (κ1) is 12.0. The fraction of sp³-hybridized carbons (Fsp3) is 1.00. The van der Waals surface area contributed by atoms with Gasteiger partial charge in [-0.2, -0.15) is 0 Å². The normalized spacial score (nSPS) is 23.4. The van der Waals surface area contributed by atoms with Gasteiger partial charge in [-0.1, -0.05) is 6.92 Å². The molecule has 84 valence electrons. The molecule has 0 aromatic rings. The van der Waals surface area contributed by atoms with Crippen molar-refractivity contribution in [2.45, 2.75) is 38.8 Å². The van der Waals surface area contributed by atoms with E-state index in [2.05, 4.69) is 38.0 Å². The van der Waals surface area contributed by atoms with E-state index in [0.717, 1.165) is 26.3 Å². The highest BCUT2D eigenvalue weighted by Crippen LogP contribution is 2.13. The molecule has 0 saturated carbocycles. The lowest BCUT2D eigenvalue weighted by atomic mass is 10.0. The molecule has 1 unspecified atom stereocenters. The van der Waals surface area contributed by atoms with E-state index in [1.165, 1.54) is 6.42 Å². The Labute approximate surface area is 87.8 Å². The number of hydrogen-bond acceptors (Lipinski definition) is 3. The zero-order valence-electron chi connectivity index (χ0n) is 9.97. The summed E-state index contributed by atoms with van der Waals surface area (Å²) < 4.78 is 5.39. The summed E-state index contributed by atoms with van der Waals surface area (Å²) in [6, 6.07) is 0.618. The second-order valence-corrected chi connectivity index (χ2v) is 4.85. The third-order valence-electron chi connectivity index (χ3n) is 2.83. The van der Waals surface area contributed by atoms with Crippen LogP contribution in [0.4, 0.5) is 0 Å². The van der Waals surface area contributed by atoms with Crippen molar-refractivity contribution in [3.05, 3.63) is 0 Å². The quantitative estimate of drug-likeness (QED) is 0.719. The number of likely N-dealkylation sites (N-methyl/N-ethyl adjacent to an activating group) is 2. The van der Waals surface area contributed by atoms with Crippen LogP contribution in [-0.4, -0.2) is 49.8 Å². The Morgan fingerprint density at radius 3 is 2.71 bits per heavy atom. The van der Waals surface area contributed by atoms with E-state index >= 15 is 0 Å². The molecule has 14 heavy (non-hydrogen) atoms. The van der Waals surface area contributed by atoms with E-state index in [-0.39, 0.29) is 5.54 Å². The van der Waals surface area contributed by atoms with Crippen molar-refractivity contribution in [2.24, 2.45) is 0 Å². The van der Waals surface area contributed by atoms with Crippen LogP contribution in [-0.2, 0) is 4.74 Å². The largest absolute Gasteiger partial charge is 0.380 e. The molecule has 3 nitrogen and oxygen atoms in total. The third-order valence-corrected chi connectivity index (χ3v) is 2.83. The number of nitrogens with one attached hydrogen (secondary N) is 1. The molecule has 3 heteroatoms. The topological polar surface area (TPSA) is 24.5 Å². The van der Waals surface area contributed by atoms with E-state index in [1.54, 1.807) is 0 Å². The van der Waals surface area contributed by atoms with E-state index in [1.807, 2.05) is 0 Å². The van der Waals surface area contributed by atoms with E-state index in [9.17, 15) is 0 Å². The van der Waals surface area contributed by atoms with Gasteiger partial charge in [0, 0.05) is 24.7 Å². The van der Waals surface area contributed by atoms with Gasteiger partial charge in [-0.15, -0.1) is 0 Å².